The number of hydrogen-bond donors (Lipinski definition) is 0. The van der Waals surface area contributed by atoms with E-state index in [1.54, 1.807) is 26.4 Å². The molecule has 150 valence electrons. The van der Waals surface area contributed by atoms with Crippen molar-refractivity contribution in [3.63, 3.8) is 0 Å². The summed E-state index contributed by atoms with van der Waals surface area (Å²) in [5.74, 6) is -0.342. The lowest BCUT2D eigenvalue weighted by atomic mass is 10.1. The lowest BCUT2D eigenvalue weighted by Crippen LogP contribution is -2.23. The first-order chi connectivity index (χ1) is 14.1. The van der Waals surface area contributed by atoms with Crippen molar-refractivity contribution in [2.75, 3.05) is 20.8 Å². The Balaban J connectivity index is 1.90. The molecule has 0 saturated heterocycles. The highest BCUT2D eigenvalue weighted by Crippen LogP contribution is 2.28. The second kappa shape index (κ2) is 8.02. The predicted octanol–water partition coefficient (Wildman–Crippen LogP) is 1.82. The molecule has 0 aliphatic heterocycles. The predicted molar refractivity (Wildman–Crippen MR) is 103 cm³/mol. The van der Waals surface area contributed by atoms with Crippen LogP contribution in [0.4, 0.5) is 4.39 Å². The number of ether oxygens (including phenoxy) is 2. The average Bonchev–Trinajstić information content (AvgIpc) is 3.09. The van der Waals surface area contributed by atoms with Gasteiger partial charge in [0.1, 0.15) is 12.1 Å². The van der Waals surface area contributed by atoms with Crippen molar-refractivity contribution in [3.05, 3.63) is 52.5 Å². The zero-order chi connectivity index (χ0) is 20.4. The van der Waals surface area contributed by atoms with E-state index < -0.39 is 0 Å². The molecular formula is C19H19FN6O3. The SMILES string of the molecule is COCCCn1cnc2c(nnc3c(-c4ccc(F)cc4)c(COC)nn32)c1=O. The van der Waals surface area contributed by atoms with Crippen molar-refractivity contribution >= 4 is 16.8 Å². The minimum Gasteiger partial charge on any atom is -0.385 e. The van der Waals surface area contributed by atoms with Crippen LogP contribution in [-0.2, 0) is 22.6 Å². The first kappa shape index (κ1) is 19.1. The standard InChI is InChI=1S/C19H19FN6O3/c1-28-9-3-8-25-11-21-18-16(19(25)27)22-23-17-15(12-4-6-13(20)7-5-12)14(10-29-2)24-26(17)18/h4-7,11H,3,8-10H2,1-2H3. The van der Waals surface area contributed by atoms with E-state index in [0.717, 1.165) is 5.56 Å². The number of aromatic nitrogens is 6. The fraction of sp³-hybridized carbons (Fsp3) is 0.316. The van der Waals surface area contributed by atoms with Gasteiger partial charge in [-0.05, 0) is 24.1 Å². The molecule has 0 aliphatic rings. The van der Waals surface area contributed by atoms with Crippen molar-refractivity contribution in [1.29, 1.82) is 0 Å². The van der Waals surface area contributed by atoms with E-state index in [1.165, 1.54) is 27.5 Å². The minimum atomic E-state index is -0.342. The number of hydrogen-bond acceptors (Lipinski definition) is 7. The maximum Gasteiger partial charge on any atom is 0.283 e. The van der Waals surface area contributed by atoms with Gasteiger partial charge in [-0.2, -0.15) is 9.61 Å². The third-order valence-electron chi connectivity index (χ3n) is 4.53. The topological polar surface area (TPSA) is 96.4 Å². The number of nitrogens with zero attached hydrogens (tertiary/aromatic N) is 6. The highest BCUT2D eigenvalue weighted by Gasteiger charge is 2.20. The Morgan fingerprint density at radius 2 is 1.86 bits per heavy atom. The van der Waals surface area contributed by atoms with Gasteiger partial charge in [-0.15, -0.1) is 10.2 Å². The molecule has 3 heterocycles. The fourth-order valence-electron chi connectivity index (χ4n) is 3.19. The summed E-state index contributed by atoms with van der Waals surface area (Å²) in [7, 11) is 3.16. The summed E-state index contributed by atoms with van der Waals surface area (Å²) in [6.07, 6.45) is 2.14. The first-order valence-electron chi connectivity index (χ1n) is 9.01. The van der Waals surface area contributed by atoms with E-state index in [-0.39, 0.29) is 23.5 Å². The van der Waals surface area contributed by atoms with Gasteiger partial charge in [0.2, 0.25) is 0 Å². The Morgan fingerprint density at radius 3 is 2.59 bits per heavy atom. The van der Waals surface area contributed by atoms with Crippen LogP contribution in [0.3, 0.4) is 0 Å². The van der Waals surface area contributed by atoms with E-state index in [9.17, 15) is 9.18 Å². The van der Waals surface area contributed by atoms with Crippen LogP contribution >= 0.6 is 0 Å². The van der Waals surface area contributed by atoms with Gasteiger partial charge in [-0.25, -0.2) is 9.37 Å². The number of fused-ring (bicyclic) bond motifs is 3. The molecule has 4 aromatic rings. The maximum absolute atomic E-state index is 13.4. The van der Waals surface area contributed by atoms with Crippen LogP contribution < -0.4 is 5.56 Å². The summed E-state index contributed by atoms with van der Waals surface area (Å²) in [4.78, 5) is 17.2. The highest BCUT2D eigenvalue weighted by molar-refractivity contribution is 5.83. The highest BCUT2D eigenvalue weighted by atomic mass is 19.1. The van der Waals surface area contributed by atoms with Gasteiger partial charge in [0.15, 0.2) is 16.8 Å². The molecule has 4 rings (SSSR count). The number of benzene rings is 1. The van der Waals surface area contributed by atoms with Gasteiger partial charge in [-0.1, -0.05) is 12.1 Å². The van der Waals surface area contributed by atoms with Gasteiger partial charge in [0.05, 0.1) is 17.9 Å². The second-order valence-electron chi connectivity index (χ2n) is 6.46. The summed E-state index contributed by atoms with van der Waals surface area (Å²) >= 11 is 0. The summed E-state index contributed by atoms with van der Waals surface area (Å²) in [6.45, 7) is 1.21. The molecule has 0 bridgehead atoms. The van der Waals surface area contributed by atoms with Gasteiger partial charge in [-0.3, -0.25) is 9.36 Å². The zero-order valence-electron chi connectivity index (χ0n) is 16.0. The van der Waals surface area contributed by atoms with E-state index in [4.69, 9.17) is 9.47 Å². The van der Waals surface area contributed by atoms with Crippen LogP contribution in [0.15, 0.2) is 35.4 Å². The molecule has 9 nitrogen and oxygen atoms in total. The number of aryl methyl sites for hydroxylation is 1. The van der Waals surface area contributed by atoms with Crippen LogP contribution in [0.1, 0.15) is 12.1 Å². The van der Waals surface area contributed by atoms with E-state index in [1.807, 2.05) is 0 Å². The molecule has 10 heteroatoms. The lowest BCUT2D eigenvalue weighted by molar-refractivity contribution is 0.181. The van der Waals surface area contributed by atoms with E-state index >= 15 is 0 Å². The first-order valence-corrected chi connectivity index (χ1v) is 9.01. The molecule has 0 amide bonds. The summed E-state index contributed by atoms with van der Waals surface area (Å²) < 4.78 is 26.6. The Kier molecular flexibility index (Phi) is 5.28. The summed E-state index contributed by atoms with van der Waals surface area (Å²) in [5.41, 5.74) is 2.50. The smallest absolute Gasteiger partial charge is 0.283 e. The van der Waals surface area contributed by atoms with Gasteiger partial charge >= 0.3 is 0 Å². The molecular weight excluding hydrogens is 379 g/mol. The molecule has 0 radical (unpaired) electrons. The Morgan fingerprint density at radius 1 is 1.07 bits per heavy atom. The largest absolute Gasteiger partial charge is 0.385 e. The summed E-state index contributed by atoms with van der Waals surface area (Å²) in [5, 5.41) is 12.9. The van der Waals surface area contributed by atoms with Crippen molar-refractivity contribution in [1.82, 2.24) is 29.4 Å². The van der Waals surface area contributed by atoms with Crippen molar-refractivity contribution in [3.8, 4) is 11.1 Å². The van der Waals surface area contributed by atoms with Crippen molar-refractivity contribution in [2.45, 2.75) is 19.6 Å². The number of halogens is 1. The molecule has 0 N–H and O–H groups in total. The normalized spacial score (nSPS) is 11.6. The Bertz CT molecular complexity index is 1220. The monoisotopic (exact) mass is 398 g/mol. The molecule has 29 heavy (non-hydrogen) atoms. The Labute approximate surface area is 164 Å². The molecule has 0 fully saturated rings. The molecule has 1 aromatic carbocycles. The number of rotatable bonds is 7. The van der Waals surface area contributed by atoms with E-state index in [2.05, 4.69) is 20.3 Å². The molecule has 0 unspecified atom stereocenters. The molecule has 3 aromatic heterocycles. The van der Waals surface area contributed by atoms with Crippen LogP contribution in [0.25, 0.3) is 27.9 Å². The van der Waals surface area contributed by atoms with Crippen LogP contribution in [-0.4, -0.2) is 50.2 Å². The average molecular weight is 398 g/mol. The number of methoxy groups -OCH3 is 2. The fourth-order valence-corrected chi connectivity index (χ4v) is 3.19. The van der Waals surface area contributed by atoms with Gasteiger partial charge < -0.3 is 9.47 Å². The maximum atomic E-state index is 13.4. The minimum absolute atomic E-state index is 0.120. The molecule has 0 saturated carbocycles. The van der Waals surface area contributed by atoms with Crippen molar-refractivity contribution in [2.24, 2.45) is 0 Å². The zero-order valence-corrected chi connectivity index (χ0v) is 16.0. The van der Waals surface area contributed by atoms with Crippen LogP contribution in [0.5, 0.6) is 0 Å². The van der Waals surface area contributed by atoms with Crippen molar-refractivity contribution < 1.29 is 13.9 Å². The molecule has 0 aliphatic carbocycles. The summed E-state index contributed by atoms with van der Waals surface area (Å²) in [6, 6.07) is 6.00. The Hall–Kier alpha value is -3.24. The van der Waals surface area contributed by atoms with Crippen LogP contribution in [0.2, 0.25) is 0 Å². The third kappa shape index (κ3) is 3.47. The third-order valence-corrected chi connectivity index (χ3v) is 4.53. The van der Waals surface area contributed by atoms with Gasteiger partial charge in [0.25, 0.3) is 5.56 Å². The van der Waals surface area contributed by atoms with Crippen LogP contribution in [0, 0.1) is 5.82 Å². The molecule has 0 spiro atoms. The quantitative estimate of drug-likeness (QED) is 0.438. The van der Waals surface area contributed by atoms with Gasteiger partial charge in [0, 0.05) is 27.4 Å². The second-order valence-corrected chi connectivity index (χ2v) is 6.46. The lowest BCUT2D eigenvalue weighted by Gasteiger charge is -2.06. The molecule has 0 atom stereocenters. The van der Waals surface area contributed by atoms with E-state index in [0.29, 0.717) is 42.1 Å².